The van der Waals surface area contributed by atoms with Gasteiger partial charge in [0, 0.05) is 13.5 Å². The molecule has 230 valence electrons. The second kappa shape index (κ2) is 11.4. The van der Waals surface area contributed by atoms with Crippen LogP contribution in [0.4, 0.5) is 9.59 Å². The molecule has 3 heterocycles. The third kappa shape index (κ3) is 5.13. The Kier molecular flexibility index (Phi) is 7.66. The number of nitriles is 1. The third-order valence-corrected chi connectivity index (χ3v) is 10.3. The Balaban J connectivity index is 1.44. The highest BCUT2D eigenvalue weighted by Crippen LogP contribution is 2.63. The molecule has 0 aromatic heterocycles. The van der Waals surface area contributed by atoms with Crippen LogP contribution in [0.5, 0.6) is 23.0 Å². The van der Waals surface area contributed by atoms with E-state index in [0.29, 0.717) is 40.6 Å². The van der Waals surface area contributed by atoms with E-state index in [4.69, 9.17) is 18.9 Å². The number of amides is 2. The van der Waals surface area contributed by atoms with Gasteiger partial charge in [-0.3, -0.25) is 9.59 Å². The van der Waals surface area contributed by atoms with Crippen LogP contribution in [0.2, 0.25) is 0 Å². The molecule has 13 heteroatoms. The summed E-state index contributed by atoms with van der Waals surface area (Å²) >= 11 is 1.06. The predicted molar refractivity (Wildman–Crippen MR) is 165 cm³/mol. The third-order valence-electron chi connectivity index (χ3n) is 8.14. The van der Waals surface area contributed by atoms with Crippen molar-refractivity contribution in [3.8, 4) is 29.1 Å². The number of hydrogen-bond acceptors (Lipinski definition) is 11. The zero-order valence-electron chi connectivity index (χ0n) is 24.4. The fraction of sp³-hybridized carbons (Fsp3) is 0.281. The predicted octanol–water partition coefficient (Wildman–Crippen LogP) is 5.97. The summed E-state index contributed by atoms with van der Waals surface area (Å²) in [6.07, 6.45) is -0.200. The van der Waals surface area contributed by atoms with Gasteiger partial charge in [-0.1, -0.05) is 42.5 Å². The summed E-state index contributed by atoms with van der Waals surface area (Å²) in [5.74, 6) is 0.106. The van der Waals surface area contributed by atoms with Crippen molar-refractivity contribution in [2.24, 2.45) is 5.41 Å². The number of likely N-dealkylation sites (N-methyl/N-ethyl adjacent to an activating group) is 1. The highest BCUT2D eigenvalue weighted by Gasteiger charge is 2.72. The quantitative estimate of drug-likeness (QED) is 0.304. The highest BCUT2D eigenvalue weighted by molar-refractivity contribution is 8.15. The second-order valence-corrected chi connectivity index (χ2v) is 13.6. The molecule has 0 radical (unpaired) electrons. The van der Waals surface area contributed by atoms with Gasteiger partial charge in [0.05, 0.1) is 17.5 Å². The number of thioether (sulfide) groups is 2. The van der Waals surface area contributed by atoms with E-state index in [-0.39, 0.29) is 24.7 Å². The minimum atomic E-state index is -1.88. The molecule has 3 aromatic rings. The molecule has 3 aliphatic heterocycles. The lowest BCUT2D eigenvalue weighted by molar-refractivity contribution is -0.163. The Morgan fingerprint density at radius 1 is 0.867 bits per heavy atom. The van der Waals surface area contributed by atoms with E-state index in [0.717, 1.165) is 4.90 Å². The van der Waals surface area contributed by atoms with Crippen LogP contribution in [-0.4, -0.2) is 55.8 Å². The molecule has 3 aliphatic rings. The van der Waals surface area contributed by atoms with Crippen LogP contribution in [-0.2, 0) is 9.59 Å². The minimum Gasteiger partial charge on any atom is -0.454 e. The van der Waals surface area contributed by atoms with Crippen LogP contribution < -0.4 is 18.9 Å². The van der Waals surface area contributed by atoms with Gasteiger partial charge in [0.1, 0.15) is 11.5 Å². The molecule has 2 amide bonds. The van der Waals surface area contributed by atoms with E-state index >= 15 is 0 Å². The minimum absolute atomic E-state index is 0.00818. The van der Waals surface area contributed by atoms with E-state index in [1.54, 1.807) is 85.8 Å². The maximum atomic E-state index is 14.8. The molecule has 0 bridgehead atoms. The van der Waals surface area contributed by atoms with Crippen molar-refractivity contribution in [3.63, 3.8) is 0 Å². The van der Waals surface area contributed by atoms with Crippen molar-refractivity contribution in [2.45, 2.75) is 36.1 Å². The molecule has 0 aliphatic carbocycles. The lowest BCUT2D eigenvalue weighted by Crippen LogP contribution is -2.71. The Bertz CT molecular complexity index is 1740. The molecule has 0 spiro atoms. The average molecular weight is 646 g/mol. The highest BCUT2D eigenvalue weighted by atomic mass is 32.2. The van der Waals surface area contributed by atoms with E-state index in [1.165, 1.54) is 18.9 Å². The largest absolute Gasteiger partial charge is 0.454 e. The topological polar surface area (TPSA) is 135 Å². The molecule has 2 saturated heterocycles. The van der Waals surface area contributed by atoms with Crippen molar-refractivity contribution in [1.82, 2.24) is 9.80 Å². The zero-order chi connectivity index (χ0) is 32.0. The van der Waals surface area contributed by atoms with Gasteiger partial charge >= 0.3 is 10.6 Å². The lowest BCUT2D eigenvalue weighted by atomic mass is 9.79. The van der Waals surface area contributed by atoms with E-state index in [1.807, 2.05) is 0 Å². The summed E-state index contributed by atoms with van der Waals surface area (Å²) in [6, 6.07) is 23.0. The fourth-order valence-corrected chi connectivity index (χ4v) is 8.07. The first kappa shape index (κ1) is 30.4. The first-order valence-corrected chi connectivity index (χ1v) is 15.5. The van der Waals surface area contributed by atoms with Gasteiger partial charge in [-0.2, -0.15) is 5.26 Å². The number of hydrogen-bond donors (Lipinski definition) is 0. The Hall–Kier alpha value is -4.67. The number of fused-ring (bicyclic) bond motifs is 2. The summed E-state index contributed by atoms with van der Waals surface area (Å²) in [7, 11) is 1.39. The van der Waals surface area contributed by atoms with E-state index < -0.39 is 43.6 Å². The van der Waals surface area contributed by atoms with Gasteiger partial charge in [-0.05, 0) is 79.3 Å². The molecule has 45 heavy (non-hydrogen) atoms. The molecule has 0 saturated carbocycles. The monoisotopic (exact) mass is 645 g/mol. The van der Waals surface area contributed by atoms with Gasteiger partial charge in [0.2, 0.25) is 6.79 Å². The number of ether oxygens (including phenoxy) is 4. The first-order valence-electron chi connectivity index (χ1n) is 13.9. The van der Waals surface area contributed by atoms with Crippen LogP contribution in [0.3, 0.4) is 0 Å². The van der Waals surface area contributed by atoms with Crippen LogP contribution in [0, 0.1) is 16.7 Å². The summed E-state index contributed by atoms with van der Waals surface area (Å²) in [4.78, 5) is 54.7. The number of benzene rings is 3. The number of para-hydroxylation sites is 2. The van der Waals surface area contributed by atoms with Gasteiger partial charge in [0.15, 0.2) is 21.2 Å². The maximum Gasteiger partial charge on any atom is 0.375 e. The first-order chi connectivity index (χ1) is 21.5. The van der Waals surface area contributed by atoms with Crippen molar-refractivity contribution in [2.75, 3.05) is 13.8 Å². The number of nitrogens with zero attached hydrogens (tertiary/aromatic N) is 3. The molecule has 0 N–H and O–H groups in total. The number of carbonyl (C=O) groups excluding carboxylic acids is 4. The molecular formula is C32H27N3O8S2. The molecule has 6 rings (SSSR count). The maximum absolute atomic E-state index is 14.8. The zero-order valence-corrected chi connectivity index (χ0v) is 26.1. The summed E-state index contributed by atoms with van der Waals surface area (Å²) in [5.41, 5.74) is -0.868. The van der Waals surface area contributed by atoms with E-state index in [2.05, 4.69) is 6.07 Å². The van der Waals surface area contributed by atoms with Crippen molar-refractivity contribution < 1.29 is 38.1 Å². The SMILES string of the molecule is CN1C(=O)C2(SC(=O)Oc3ccccc3)C[C@](C)(C#N)C(c3ccc4c(c3)OCO4)N2C(=O)[C@]1(C)SC(=O)Oc1ccccc1. The lowest BCUT2D eigenvalue weighted by Gasteiger charge is -2.52. The van der Waals surface area contributed by atoms with Crippen LogP contribution >= 0.6 is 23.5 Å². The van der Waals surface area contributed by atoms with Crippen molar-refractivity contribution >= 4 is 45.9 Å². The Morgan fingerprint density at radius 2 is 1.44 bits per heavy atom. The standard InChI is InChI=1S/C32H27N3O8S2/c1-30(18-33)17-32(45-29(39)43-22-12-8-5-9-13-22)27(37)34(3)31(2,44-28(38)42-21-10-6-4-7-11-21)26(36)35(32)25(30)20-14-15-23-24(16-20)41-19-40-23/h4-16,25H,17,19H2,1-3H3/t25?,30-,31+,32?/m1/s1. The van der Waals surface area contributed by atoms with Crippen molar-refractivity contribution in [1.29, 1.82) is 5.26 Å². The molecule has 2 fully saturated rings. The van der Waals surface area contributed by atoms with Crippen molar-refractivity contribution in [3.05, 3.63) is 84.4 Å². The molecule has 3 aromatic carbocycles. The van der Waals surface area contributed by atoms with Gasteiger partial charge < -0.3 is 28.7 Å². The smallest absolute Gasteiger partial charge is 0.375 e. The van der Waals surface area contributed by atoms with Gasteiger partial charge in [-0.15, -0.1) is 0 Å². The summed E-state index contributed by atoms with van der Waals surface area (Å²) in [6.45, 7) is 3.09. The average Bonchev–Trinajstić information content (AvgIpc) is 3.60. The van der Waals surface area contributed by atoms with Gasteiger partial charge in [0.25, 0.3) is 11.8 Å². The Morgan fingerprint density at radius 3 is 2.04 bits per heavy atom. The normalized spacial score (nSPS) is 26.7. The fourth-order valence-electron chi connectivity index (χ4n) is 5.91. The number of piperazine rings is 1. The molecule has 2 unspecified atom stereocenters. The van der Waals surface area contributed by atoms with Crippen LogP contribution in [0.25, 0.3) is 0 Å². The Labute approximate surface area is 267 Å². The number of rotatable bonds is 5. The van der Waals surface area contributed by atoms with Crippen LogP contribution in [0.1, 0.15) is 31.9 Å². The second-order valence-electron chi connectivity index (χ2n) is 11.1. The summed E-state index contributed by atoms with van der Waals surface area (Å²) in [5, 5.41) is 8.93. The van der Waals surface area contributed by atoms with E-state index in [9.17, 15) is 24.4 Å². The summed E-state index contributed by atoms with van der Waals surface area (Å²) < 4.78 is 22.0. The number of carbonyl (C=O) groups is 4. The molecular weight excluding hydrogens is 618 g/mol. The molecule has 4 atom stereocenters. The van der Waals surface area contributed by atoms with Gasteiger partial charge in [-0.25, -0.2) is 9.59 Å². The van der Waals surface area contributed by atoms with Crippen LogP contribution in [0.15, 0.2) is 78.9 Å². The molecule has 11 nitrogen and oxygen atoms in total.